The molecule has 0 bridgehead atoms. The van der Waals surface area contributed by atoms with E-state index in [1.807, 2.05) is 25.1 Å². The first-order valence-electron chi connectivity index (χ1n) is 7.86. The van der Waals surface area contributed by atoms with Gasteiger partial charge in [0.2, 0.25) is 5.95 Å². The topological polar surface area (TPSA) is 55.4 Å². The van der Waals surface area contributed by atoms with E-state index in [2.05, 4.69) is 25.8 Å². The Hall–Kier alpha value is -1.59. The van der Waals surface area contributed by atoms with Crippen LogP contribution >= 0.6 is 0 Å². The molecular weight excluding hydrogens is 264 g/mol. The average molecular weight is 288 g/mol. The summed E-state index contributed by atoms with van der Waals surface area (Å²) < 4.78 is 0. The van der Waals surface area contributed by atoms with Gasteiger partial charge in [0, 0.05) is 26.2 Å². The minimum absolute atomic E-state index is 0.206. The number of rotatable bonds is 4. The first-order valence-corrected chi connectivity index (χ1v) is 7.86. The number of nitrogens with zero attached hydrogens (tertiary/aromatic N) is 3. The number of anilines is 1. The number of hydrogen-bond acceptors (Lipinski definition) is 4. The first-order chi connectivity index (χ1) is 10.3. The van der Waals surface area contributed by atoms with Gasteiger partial charge in [-0.3, -0.25) is 4.90 Å². The van der Waals surface area contributed by atoms with Crippen LogP contribution in [0.1, 0.15) is 19.8 Å². The monoisotopic (exact) mass is 288 g/mol. The summed E-state index contributed by atoms with van der Waals surface area (Å²) in [5.74, 6) is 0.967. The number of para-hydroxylation sites is 2. The van der Waals surface area contributed by atoms with Crippen LogP contribution in [0.4, 0.5) is 5.95 Å². The Morgan fingerprint density at radius 3 is 2.90 bits per heavy atom. The zero-order chi connectivity index (χ0) is 14.7. The zero-order valence-corrected chi connectivity index (χ0v) is 12.6. The fourth-order valence-corrected chi connectivity index (χ4v) is 2.88. The number of benzene rings is 1. The highest BCUT2D eigenvalue weighted by molar-refractivity contribution is 5.77. The molecule has 0 amide bonds. The molecule has 0 aliphatic carbocycles. The predicted octanol–water partition coefficient (Wildman–Crippen LogP) is 1.85. The summed E-state index contributed by atoms with van der Waals surface area (Å²) in [5, 5.41) is 9.81. The highest BCUT2D eigenvalue weighted by Crippen LogP contribution is 2.18. The minimum Gasteiger partial charge on any atom is -0.392 e. The van der Waals surface area contributed by atoms with E-state index < -0.39 is 0 Å². The molecule has 1 saturated heterocycles. The van der Waals surface area contributed by atoms with Crippen LogP contribution in [0.25, 0.3) is 11.0 Å². The van der Waals surface area contributed by atoms with Gasteiger partial charge in [-0.25, -0.2) is 4.98 Å². The number of aromatic amines is 1. The molecule has 1 atom stereocenters. The van der Waals surface area contributed by atoms with Gasteiger partial charge in [-0.2, -0.15) is 0 Å². The van der Waals surface area contributed by atoms with Crippen LogP contribution in [0.15, 0.2) is 24.3 Å². The molecule has 2 aromatic rings. The van der Waals surface area contributed by atoms with Crippen molar-refractivity contribution < 1.29 is 5.11 Å². The van der Waals surface area contributed by atoms with Crippen molar-refractivity contribution >= 4 is 17.0 Å². The van der Waals surface area contributed by atoms with E-state index in [1.54, 1.807) is 0 Å². The van der Waals surface area contributed by atoms with Gasteiger partial charge in [0.1, 0.15) is 0 Å². The lowest BCUT2D eigenvalue weighted by molar-refractivity contribution is 0.113. The lowest BCUT2D eigenvalue weighted by Gasteiger charge is -2.23. The molecule has 1 aliphatic heterocycles. The molecule has 21 heavy (non-hydrogen) atoms. The van der Waals surface area contributed by atoms with Crippen molar-refractivity contribution in [3.8, 4) is 0 Å². The normalized spacial score (nSPS) is 18.9. The molecule has 0 saturated carbocycles. The fraction of sp³-hybridized carbons (Fsp3) is 0.562. The van der Waals surface area contributed by atoms with Gasteiger partial charge < -0.3 is 15.0 Å². The Bertz CT molecular complexity index is 549. The molecule has 114 valence electrons. The third-order valence-electron chi connectivity index (χ3n) is 4.21. The maximum Gasteiger partial charge on any atom is 0.203 e. The number of imidazole rings is 1. The summed E-state index contributed by atoms with van der Waals surface area (Å²) in [7, 11) is 0. The quantitative estimate of drug-likeness (QED) is 0.901. The van der Waals surface area contributed by atoms with E-state index in [4.69, 9.17) is 0 Å². The van der Waals surface area contributed by atoms with E-state index in [0.29, 0.717) is 0 Å². The van der Waals surface area contributed by atoms with Gasteiger partial charge in [-0.05, 0) is 31.5 Å². The van der Waals surface area contributed by atoms with E-state index >= 15 is 0 Å². The predicted molar refractivity (Wildman–Crippen MR) is 85.7 cm³/mol. The van der Waals surface area contributed by atoms with Gasteiger partial charge in [0.15, 0.2) is 0 Å². The number of β-amino-alcohol motifs (C(OH)–C–C–N with tert-alkyl or cyclic N) is 1. The molecule has 2 N–H and O–H groups in total. The summed E-state index contributed by atoms with van der Waals surface area (Å²) in [6, 6.07) is 8.15. The smallest absolute Gasteiger partial charge is 0.203 e. The Balaban J connectivity index is 1.67. The maximum atomic E-state index is 9.81. The molecule has 3 rings (SSSR count). The van der Waals surface area contributed by atoms with Crippen molar-refractivity contribution in [2.24, 2.45) is 0 Å². The lowest BCUT2D eigenvalue weighted by atomic mass is 10.2. The number of nitrogens with one attached hydrogen (secondary N) is 1. The van der Waals surface area contributed by atoms with E-state index in [0.717, 1.165) is 62.5 Å². The Labute approximate surface area is 125 Å². The maximum absolute atomic E-state index is 9.81. The molecule has 1 aromatic carbocycles. The summed E-state index contributed by atoms with van der Waals surface area (Å²) in [6.07, 6.45) is 1.72. The summed E-state index contributed by atoms with van der Waals surface area (Å²) >= 11 is 0. The molecular formula is C16H24N4O. The van der Waals surface area contributed by atoms with Gasteiger partial charge in [-0.15, -0.1) is 0 Å². The largest absolute Gasteiger partial charge is 0.392 e. The van der Waals surface area contributed by atoms with Gasteiger partial charge in [-0.1, -0.05) is 19.1 Å². The molecule has 1 aliphatic rings. The van der Waals surface area contributed by atoms with Crippen LogP contribution in [0, 0.1) is 0 Å². The molecule has 0 spiro atoms. The van der Waals surface area contributed by atoms with Gasteiger partial charge >= 0.3 is 0 Å². The zero-order valence-electron chi connectivity index (χ0n) is 12.6. The van der Waals surface area contributed by atoms with Crippen LogP contribution in [0.5, 0.6) is 0 Å². The third-order valence-corrected chi connectivity index (χ3v) is 4.21. The molecule has 5 heteroatoms. The standard InChI is InChI=1S/C16H24N4O/c1-2-13(21)12-19-8-5-9-20(11-10-19)16-17-14-6-3-4-7-15(14)18-16/h3-4,6-7,13,21H,2,5,8-12H2,1H3,(H,17,18)/t13-/m1/s1. The lowest BCUT2D eigenvalue weighted by Crippen LogP contribution is -2.35. The minimum atomic E-state index is -0.206. The summed E-state index contributed by atoms with van der Waals surface area (Å²) in [5.41, 5.74) is 2.12. The molecule has 0 unspecified atom stereocenters. The second kappa shape index (κ2) is 6.45. The number of aliphatic hydroxyl groups excluding tert-OH is 1. The number of hydrogen-bond donors (Lipinski definition) is 2. The molecule has 2 heterocycles. The third kappa shape index (κ3) is 3.36. The summed E-state index contributed by atoms with van der Waals surface area (Å²) in [6.45, 7) is 6.81. The van der Waals surface area contributed by atoms with Crippen LogP contribution in [-0.4, -0.2) is 58.8 Å². The van der Waals surface area contributed by atoms with E-state index in [1.165, 1.54) is 0 Å². The van der Waals surface area contributed by atoms with Gasteiger partial charge in [0.05, 0.1) is 17.1 Å². The number of fused-ring (bicyclic) bond motifs is 1. The first kappa shape index (κ1) is 14.4. The fourth-order valence-electron chi connectivity index (χ4n) is 2.88. The highest BCUT2D eigenvalue weighted by atomic mass is 16.3. The number of aliphatic hydroxyl groups is 1. The number of H-pyrrole nitrogens is 1. The molecule has 5 nitrogen and oxygen atoms in total. The SMILES string of the molecule is CC[C@@H](O)CN1CCCN(c2nc3ccccc3[nH]2)CC1. The average Bonchev–Trinajstić information content (AvgIpc) is 2.80. The van der Waals surface area contributed by atoms with E-state index in [9.17, 15) is 5.11 Å². The Morgan fingerprint density at radius 2 is 2.10 bits per heavy atom. The van der Waals surface area contributed by atoms with Crippen molar-refractivity contribution in [2.45, 2.75) is 25.9 Å². The van der Waals surface area contributed by atoms with Crippen LogP contribution < -0.4 is 4.90 Å². The Kier molecular flexibility index (Phi) is 4.41. The van der Waals surface area contributed by atoms with Crippen LogP contribution in [0.3, 0.4) is 0 Å². The second-order valence-corrected chi connectivity index (χ2v) is 5.78. The molecule has 1 fully saturated rings. The van der Waals surface area contributed by atoms with Crippen molar-refractivity contribution in [2.75, 3.05) is 37.6 Å². The van der Waals surface area contributed by atoms with Gasteiger partial charge in [0.25, 0.3) is 0 Å². The second-order valence-electron chi connectivity index (χ2n) is 5.78. The van der Waals surface area contributed by atoms with Crippen molar-refractivity contribution in [3.05, 3.63) is 24.3 Å². The summed E-state index contributed by atoms with van der Waals surface area (Å²) in [4.78, 5) is 12.8. The van der Waals surface area contributed by atoms with Crippen LogP contribution in [0.2, 0.25) is 0 Å². The highest BCUT2D eigenvalue weighted by Gasteiger charge is 2.18. The Morgan fingerprint density at radius 1 is 1.24 bits per heavy atom. The molecule has 0 radical (unpaired) electrons. The van der Waals surface area contributed by atoms with Crippen LogP contribution in [-0.2, 0) is 0 Å². The van der Waals surface area contributed by atoms with Crippen molar-refractivity contribution in [1.29, 1.82) is 0 Å². The van der Waals surface area contributed by atoms with Crippen molar-refractivity contribution in [3.63, 3.8) is 0 Å². The van der Waals surface area contributed by atoms with E-state index in [-0.39, 0.29) is 6.10 Å². The molecule has 1 aromatic heterocycles. The number of aromatic nitrogens is 2. The van der Waals surface area contributed by atoms with Crippen molar-refractivity contribution in [1.82, 2.24) is 14.9 Å².